The summed E-state index contributed by atoms with van der Waals surface area (Å²) < 4.78 is 10.5. The minimum Gasteiger partial charge on any atom is -0.492 e. The maximum Gasteiger partial charge on any atom is 0.409 e. The molecule has 1 amide bonds. The lowest BCUT2D eigenvalue weighted by Gasteiger charge is -2.20. The molecule has 0 aliphatic carbocycles. The SMILES string of the molecule is CN(CCOc1ccc(Cl)cc1)CCN1CCOC1=O. The predicted octanol–water partition coefficient (Wildman–Crippen LogP) is 2.10. The Bertz CT molecular complexity index is 439. The Morgan fingerprint density at radius 2 is 2.10 bits per heavy atom. The van der Waals surface area contributed by atoms with Gasteiger partial charge in [-0.05, 0) is 31.3 Å². The number of nitrogens with zero attached hydrogens (tertiary/aromatic N) is 2. The molecule has 5 nitrogen and oxygen atoms in total. The van der Waals surface area contributed by atoms with E-state index in [4.69, 9.17) is 21.1 Å². The van der Waals surface area contributed by atoms with Crippen molar-refractivity contribution in [2.75, 3.05) is 46.4 Å². The Kier molecular flexibility index (Phi) is 5.49. The van der Waals surface area contributed by atoms with Crippen LogP contribution in [-0.4, -0.2) is 62.3 Å². The second-order valence-electron chi connectivity index (χ2n) is 4.71. The number of halogens is 1. The van der Waals surface area contributed by atoms with Crippen LogP contribution < -0.4 is 4.74 Å². The van der Waals surface area contributed by atoms with E-state index in [1.54, 1.807) is 17.0 Å². The highest BCUT2D eigenvalue weighted by Crippen LogP contribution is 2.15. The van der Waals surface area contributed by atoms with Crippen LogP contribution in [0.2, 0.25) is 5.02 Å². The van der Waals surface area contributed by atoms with Gasteiger partial charge in [-0.2, -0.15) is 0 Å². The van der Waals surface area contributed by atoms with Crippen LogP contribution in [0.3, 0.4) is 0 Å². The third-order valence-corrected chi connectivity index (χ3v) is 3.40. The third-order valence-electron chi connectivity index (χ3n) is 3.15. The first-order valence-corrected chi connectivity index (χ1v) is 7.01. The smallest absolute Gasteiger partial charge is 0.409 e. The van der Waals surface area contributed by atoms with E-state index >= 15 is 0 Å². The van der Waals surface area contributed by atoms with Crippen molar-refractivity contribution in [3.05, 3.63) is 29.3 Å². The molecule has 6 heteroatoms. The summed E-state index contributed by atoms with van der Waals surface area (Å²) in [6.07, 6.45) is -0.212. The van der Waals surface area contributed by atoms with Crippen LogP contribution in [0.15, 0.2) is 24.3 Å². The van der Waals surface area contributed by atoms with Crippen LogP contribution in [0.25, 0.3) is 0 Å². The van der Waals surface area contributed by atoms with Gasteiger partial charge in [-0.1, -0.05) is 11.6 Å². The highest BCUT2D eigenvalue weighted by atomic mass is 35.5. The van der Waals surface area contributed by atoms with Crippen molar-refractivity contribution < 1.29 is 14.3 Å². The molecule has 0 bridgehead atoms. The maximum absolute atomic E-state index is 11.3. The third kappa shape index (κ3) is 4.58. The zero-order valence-corrected chi connectivity index (χ0v) is 12.3. The summed E-state index contributed by atoms with van der Waals surface area (Å²) in [4.78, 5) is 15.1. The fourth-order valence-corrected chi connectivity index (χ4v) is 2.01. The second kappa shape index (κ2) is 7.36. The molecule has 1 aliphatic rings. The number of rotatable bonds is 7. The number of cyclic esters (lactones) is 1. The van der Waals surface area contributed by atoms with Crippen molar-refractivity contribution in [3.63, 3.8) is 0 Å². The summed E-state index contributed by atoms with van der Waals surface area (Å²) >= 11 is 5.81. The van der Waals surface area contributed by atoms with Gasteiger partial charge >= 0.3 is 6.09 Å². The van der Waals surface area contributed by atoms with Crippen molar-refractivity contribution in [3.8, 4) is 5.75 Å². The van der Waals surface area contributed by atoms with Crippen LogP contribution in [-0.2, 0) is 4.74 Å². The molecule has 0 unspecified atom stereocenters. The van der Waals surface area contributed by atoms with Crippen molar-refractivity contribution in [1.82, 2.24) is 9.80 Å². The molecule has 0 radical (unpaired) electrons. The van der Waals surface area contributed by atoms with E-state index in [0.717, 1.165) is 18.8 Å². The van der Waals surface area contributed by atoms with Crippen LogP contribution in [0.4, 0.5) is 4.79 Å². The van der Waals surface area contributed by atoms with Gasteiger partial charge in [-0.25, -0.2) is 4.79 Å². The molecule has 0 saturated carbocycles. The lowest BCUT2D eigenvalue weighted by Crippen LogP contribution is -2.35. The number of hydrogen-bond acceptors (Lipinski definition) is 4. The molecular weight excluding hydrogens is 280 g/mol. The van der Waals surface area contributed by atoms with E-state index in [1.807, 2.05) is 19.2 Å². The van der Waals surface area contributed by atoms with Crippen LogP contribution >= 0.6 is 11.6 Å². The van der Waals surface area contributed by atoms with Gasteiger partial charge in [-0.15, -0.1) is 0 Å². The first-order valence-electron chi connectivity index (χ1n) is 6.64. The molecule has 1 saturated heterocycles. The Hall–Kier alpha value is -1.46. The average molecular weight is 299 g/mol. The van der Waals surface area contributed by atoms with Crippen molar-refractivity contribution >= 4 is 17.7 Å². The summed E-state index contributed by atoms with van der Waals surface area (Å²) in [5.74, 6) is 0.811. The highest BCUT2D eigenvalue weighted by molar-refractivity contribution is 6.30. The van der Waals surface area contributed by atoms with Gasteiger partial charge in [0.25, 0.3) is 0 Å². The second-order valence-corrected chi connectivity index (χ2v) is 5.14. The zero-order chi connectivity index (χ0) is 14.4. The topological polar surface area (TPSA) is 42.0 Å². The van der Waals surface area contributed by atoms with Crippen molar-refractivity contribution in [1.29, 1.82) is 0 Å². The Morgan fingerprint density at radius 3 is 2.75 bits per heavy atom. The van der Waals surface area contributed by atoms with Gasteiger partial charge in [0.05, 0.1) is 6.54 Å². The molecule has 1 aromatic carbocycles. The van der Waals surface area contributed by atoms with Crippen LogP contribution in [0.1, 0.15) is 0 Å². The molecule has 0 N–H and O–H groups in total. The number of hydrogen-bond donors (Lipinski definition) is 0. The lowest BCUT2D eigenvalue weighted by atomic mass is 10.3. The lowest BCUT2D eigenvalue weighted by molar-refractivity contribution is 0.154. The van der Waals surface area contributed by atoms with Gasteiger partial charge in [0.1, 0.15) is 19.0 Å². The normalized spacial score (nSPS) is 14.8. The molecule has 0 spiro atoms. The quantitative estimate of drug-likeness (QED) is 0.773. The summed E-state index contributed by atoms with van der Waals surface area (Å²) in [5.41, 5.74) is 0. The molecule has 1 heterocycles. The molecule has 0 aromatic heterocycles. The molecule has 2 rings (SSSR count). The van der Waals surface area contributed by atoms with E-state index in [-0.39, 0.29) is 6.09 Å². The minimum absolute atomic E-state index is 0.212. The Balaban J connectivity index is 1.61. The summed E-state index contributed by atoms with van der Waals surface area (Å²) in [7, 11) is 2.01. The van der Waals surface area contributed by atoms with Crippen molar-refractivity contribution in [2.45, 2.75) is 0 Å². The molecule has 0 atom stereocenters. The van der Waals surface area contributed by atoms with Crippen LogP contribution in [0, 0.1) is 0 Å². The van der Waals surface area contributed by atoms with Gasteiger partial charge < -0.3 is 19.3 Å². The first kappa shape index (κ1) is 14.9. The molecule has 1 fully saturated rings. The van der Waals surface area contributed by atoms with E-state index < -0.39 is 0 Å². The number of likely N-dealkylation sites (N-methyl/N-ethyl adjacent to an activating group) is 1. The van der Waals surface area contributed by atoms with E-state index in [9.17, 15) is 4.79 Å². The van der Waals surface area contributed by atoms with Gasteiger partial charge in [-0.3, -0.25) is 0 Å². The molecule has 1 aromatic rings. The van der Waals surface area contributed by atoms with Crippen molar-refractivity contribution in [2.24, 2.45) is 0 Å². The maximum atomic E-state index is 11.3. The number of amides is 1. The van der Waals surface area contributed by atoms with E-state index in [2.05, 4.69) is 4.90 Å². The Labute approximate surface area is 124 Å². The average Bonchev–Trinajstić information content (AvgIpc) is 2.84. The van der Waals surface area contributed by atoms with E-state index in [0.29, 0.717) is 31.3 Å². The standard InChI is InChI=1S/C14H19ClN2O3/c1-16(6-7-17-9-11-20-14(17)18)8-10-19-13-4-2-12(15)3-5-13/h2-5H,6-11H2,1H3. The number of carbonyl (C=O) groups is 1. The summed E-state index contributed by atoms with van der Waals surface area (Å²) in [6.45, 7) is 4.08. The van der Waals surface area contributed by atoms with Gasteiger partial charge in [0.15, 0.2) is 0 Å². The number of benzene rings is 1. The van der Waals surface area contributed by atoms with E-state index in [1.165, 1.54) is 0 Å². The first-order chi connectivity index (χ1) is 9.65. The number of ether oxygens (including phenoxy) is 2. The minimum atomic E-state index is -0.212. The molecule has 1 aliphatic heterocycles. The number of carbonyl (C=O) groups excluding carboxylic acids is 1. The predicted molar refractivity (Wildman–Crippen MR) is 77.4 cm³/mol. The monoisotopic (exact) mass is 298 g/mol. The fourth-order valence-electron chi connectivity index (χ4n) is 1.88. The van der Waals surface area contributed by atoms with Crippen LogP contribution in [0.5, 0.6) is 5.75 Å². The zero-order valence-electron chi connectivity index (χ0n) is 11.5. The molecule has 110 valence electrons. The van der Waals surface area contributed by atoms with Gasteiger partial charge in [0.2, 0.25) is 0 Å². The fraction of sp³-hybridized carbons (Fsp3) is 0.500. The Morgan fingerprint density at radius 1 is 1.35 bits per heavy atom. The summed E-state index contributed by atoms with van der Waals surface area (Å²) in [6, 6.07) is 7.31. The van der Waals surface area contributed by atoms with Gasteiger partial charge in [0, 0.05) is 24.7 Å². The highest BCUT2D eigenvalue weighted by Gasteiger charge is 2.21. The molecule has 20 heavy (non-hydrogen) atoms. The summed E-state index contributed by atoms with van der Waals surface area (Å²) in [5, 5.41) is 0.701. The largest absolute Gasteiger partial charge is 0.492 e. The molecular formula is C14H19ClN2O3.